The topological polar surface area (TPSA) is 88.5 Å². The Labute approximate surface area is 159 Å². The van der Waals surface area contributed by atoms with E-state index in [1.54, 1.807) is 29.3 Å². The average molecular weight is 368 g/mol. The Morgan fingerprint density at radius 2 is 2.00 bits per heavy atom. The Kier molecular flexibility index (Phi) is 3.65. The number of aromatic nitrogens is 5. The molecular weight excluding hydrogens is 352 g/mol. The Morgan fingerprint density at radius 1 is 1.07 bits per heavy atom. The predicted octanol–water partition coefficient (Wildman–Crippen LogP) is 3.62. The van der Waals surface area contributed by atoms with Crippen molar-refractivity contribution in [2.45, 2.75) is 0 Å². The fourth-order valence-electron chi connectivity index (χ4n) is 3.38. The summed E-state index contributed by atoms with van der Waals surface area (Å²) in [5, 5.41) is 9.83. The fraction of sp³-hybridized carbons (Fsp3) is 0.0476. The first kappa shape index (κ1) is 16.2. The van der Waals surface area contributed by atoms with Crippen LogP contribution in [0.3, 0.4) is 0 Å². The van der Waals surface area contributed by atoms with Gasteiger partial charge in [0.05, 0.1) is 29.0 Å². The van der Waals surface area contributed by atoms with Gasteiger partial charge in [-0.25, -0.2) is 4.98 Å². The smallest absolute Gasteiger partial charge is 0.258 e. The molecule has 0 bridgehead atoms. The molecule has 0 saturated carbocycles. The summed E-state index contributed by atoms with van der Waals surface area (Å²) < 4.78 is 1.76. The standard InChI is InChI=1S/C21H16N6O/c1-27-12-14(10-24-27)13-4-5-16-17(9-13)19-18(6-8-23-21(19)28)26-20(16)25-15-3-2-7-22-11-15/h2-12H,1H3,(H,23,28)(H,25,26). The minimum atomic E-state index is -0.161. The molecule has 0 radical (unpaired) electrons. The number of hydrogen-bond donors (Lipinski definition) is 2. The van der Waals surface area contributed by atoms with Crippen LogP contribution in [-0.4, -0.2) is 24.7 Å². The van der Waals surface area contributed by atoms with E-state index in [9.17, 15) is 4.79 Å². The van der Waals surface area contributed by atoms with E-state index >= 15 is 0 Å². The summed E-state index contributed by atoms with van der Waals surface area (Å²) in [6, 6.07) is 11.6. The molecule has 0 aliphatic carbocycles. The lowest BCUT2D eigenvalue weighted by molar-refractivity contribution is 0.768. The quantitative estimate of drug-likeness (QED) is 0.475. The van der Waals surface area contributed by atoms with Gasteiger partial charge in [0.15, 0.2) is 0 Å². The summed E-state index contributed by atoms with van der Waals surface area (Å²) >= 11 is 0. The maximum absolute atomic E-state index is 12.6. The summed E-state index contributed by atoms with van der Waals surface area (Å²) in [5.74, 6) is 0.679. The summed E-state index contributed by atoms with van der Waals surface area (Å²) in [6.45, 7) is 0. The van der Waals surface area contributed by atoms with Gasteiger partial charge in [0.2, 0.25) is 0 Å². The highest BCUT2D eigenvalue weighted by molar-refractivity contribution is 6.11. The Hall–Kier alpha value is -4.00. The van der Waals surface area contributed by atoms with E-state index in [4.69, 9.17) is 4.98 Å². The van der Waals surface area contributed by atoms with Crippen LogP contribution < -0.4 is 10.9 Å². The second kappa shape index (κ2) is 6.31. The van der Waals surface area contributed by atoms with E-state index in [1.165, 1.54) is 0 Å². The van der Waals surface area contributed by atoms with Gasteiger partial charge in [0, 0.05) is 42.0 Å². The normalized spacial score (nSPS) is 11.2. The van der Waals surface area contributed by atoms with Crippen LogP contribution in [0.2, 0.25) is 0 Å². The largest absolute Gasteiger partial charge is 0.338 e. The number of pyridine rings is 3. The fourth-order valence-corrected chi connectivity index (χ4v) is 3.38. The second-order valence-corrected chi connectivity index (χ2v) is 6.56. The van der Waals surface area contributed by atoms with Crippen molar-refractivity contribution in [2.24, 2.45) is 7.05 Å². The van der Waals surface area contributed by atoms with Crippen molar-refractivity contribution in [3.63, 3.8) is 0 Å². The van der Waals surface area contributed by atoms with Crippen LogP contribution in [0.15, 0.2) is 72.2 Å². The number of H-pyrrole nitrogens is 1. The zero-order chi connectivity index (χ0) is 19.1. The van der Waals surface area contributed by atoms with Crippen LogP contribution in [0.1, 0.15) is 0 Å². The number of rotatable bonds is 3. The molecule has 0 unspecified atom stereocenters. The van der Waals surface area contributed by atoms with Gasteiger partial charge in [0.25, 0.3) is 5.56 Å². The zero-order valence-corrected chi connectivity index (χ0v) is 15.0. The molecule has 2 N–H and O–H groups in total. The van der Waals surface area contributed by atoms with Crippen molar-refractivity contribution >= 4 is 33.2 Å². The Morgan fingerprint density at radius 3 is 2.79 bits per heavy atom. The number of nitrogens with one attached hydrogen (secondary N) is 2. The number of anilines is 2. The number of aryl methyl sites for hydroxylation is 1. The summed E-state index contributed by atoms with van der Waals surface area (Å²) in [7, 11) is 1.88. The molecule has 5 aromatic rings. The molecule has 0 saturated heterocycles. The van der Waals surface area contributed by atoms with E-state index in [0.29, 0.717) is 16.7 Å². The molecule has 7 nitrogen and oxygen atoms in total. The summed E-state index contributed by atoms with van der Waals surface area (Å²) in [6.07, 6.45) is 8.83. The Balaban J connectivity index is 1.80. The van der Waals surface area contributed by atoms with Gasteiger partial charge in [-0.1, -0.05) is 12.1 Å². The van der Waals surface area contributed by atoms with Crippen LogP contribution in [0.25, 0.3) is 32.8 Å². The minimum Gasteiger partial charge on any atom is -0.338 e. The molecule has 28 heavy (non-hydrogen) atoms. The zero-order valence-electron chi connectivity index (χ0n) is 15.0. The second-order valence-electron chi connectivity index (χ2n) is 6.56. The average Bonchev–Trinajstić information content (AvgIpc) is 3.15. The molecule has 5 rings (SSSR count). The third-order valence-corrected chi connectivity index (χ3v) is 4.68. The highest BCUT2D eigenvalue weighted by Gasteiger charge is 2.13. The molecule has 4 aromatic heterocycles. The number of nitrogens with zero attached hydrogens (tertiary/aromatic N) is 4. The third kappa shape index (κ3) is 2.69. The lowest BCUT2D eigenvalue weighted by Crippen LogP contribution is -2.07. The van der Waals surface area contributed by atoms with Crippen molar-refractivity contribution in [3.05, 3.63) is 77.7 Å². The molecule has 0 aliphatic heterocycles. The highest BCUT2D eigenvalue weighted by atomic mass is 16.1. The van der Waals surface area contributed by atoms with Crippen LogP contribution in [0.4, 0.5) is 11.5 Å². The predicted molar refractivity (Wildman–Crippen MR) is 110 cm³/mol. The van der Waals surface area contributed by atoms with E-state index in [1.807, 2.05) is 49.8 Å². The maximum Gasteiger partial charge on any atom is 0.258 e. The first-order chi connectivity index (χ1) is 13.7. The van der Waals surface area contributed by atoms with Crippen molar-refractivity contribution in [3.8, 4) is 11.1 Å². The van der Waals surface area contributed by atoms with Gasteiger partial charge in [-0.3, -0.25) is 14.5 Å². The molecule has 136 valence electrons. The lowest BCUT2D eigenvalue weighted by Gasteiger charge is -2.12. The van der Waals surface area contributed by atoms with Crippen LogP contribution in [0, 0.1) is 0 Å². The molecule has 4 heterocycles. The van der Waals surface area contributed by atoms with Crippen molar-refractivity contribution < 1.29 is 0 Å². The first-order valence-electron chi connectivity index (χ1n) is 8.80. The van der Waals surface area contributed by atoms with Gasteiger partial charge in [0.1, 0.15) is 5.82 Å². The number of fused-ring (bicyclic) bond motifs is 3. The Bertz CT molecular complexity index is 1370. The number of aromatic amines is 1. The number of benzene rings is 1. The molecule has 0 spiro atoms. The highest BCUT2D eigenvalue weighted by Crippen LogP contribution is 2.32. The molecule has 1 aromatic carbocycles. The molecule has 0 amide bonds. The first-order valence-corrected chi connectivity index (χ1v) is 8.80. The SMILES string of the molecule is Cn1cc(-c2ccc3c(Nc4cccnc4)nc4cc[nH]c(=O)c4c3c2)cn1. The monoisotopic (exact) mass is 368 g/mol. The van der Waals surface area contributed by atoms with Crippen molar-refractivity contribution in [2.75, 3.05) is 5.32 Å². The van der Waals surface area contributed by atoms with E-state index in [0.717, 1.165) is 27.6 Å². The minimum absolute atomic E-state index is 0.161. The summed E-state index contributed by atoms with van der Waals surface area (Å²) in [4.78, 5) is 24.2. The van der Waals surface area contributed by atoms with E-state index in [2.05, 4.69) is 20.4 Å². The van der Waals surface area contributed by atoms with Crippen molar-refractivity contribution in [1.82, 2.24) is 24.7 Å². The van der Waals surface area contributed by atoms with Crippen molar-refractivity contribution in [1.29, 1.82) is 0 Å². The van der Waals surface area contributed by atoms with Gasteiger partial charge >= 0.3 is 0 Å². The molecular formula is C21H16N6O. The summed E-state index contributed by atoms with van der Waals surface area (Å²) in [5.41, 5.74) is 3.28. The van der Waals surface area contributed by atoms with Gasteiger partial charge in [-0.2, -0.15) is 5.10 Å². The van der Waals surface area contributed by atoms with Crippen LogP contribution >= 0.6 is 0 Å². The van der Waals surface area contributed by atoms with E-state index < -0.39 is 0 Å². The number of hydrogen-bond acceptors (Lipinski definition) is 5. The lowest BCUT2D eigenvalue weighted by atomic mass is 10.0. The van der Waals surface area contributed by atoms with Gasteiger partial charge < -0.3 is 10.3 Å². The van der Waals surface area contributed by atoms with Crippen LogP contribution in [-0.2, 0) is 7.05 Å². The molecule has 7 heteroatoms. The van der Waals surface area contributed by atoms with E-state index in [-0.39, 0.29) is 5.56 Å². The molecule has 0 aliphatic rings. The molecule has 0 fully saturated rings. The van der Waals surface area contributed by atoms with Crippen LogP contribution in [0.5, 0.6) is 0 Å². The maximum atomic E-state index is 12.6. The third-order valence-electron chi connectivity index (χ3n) is 4.68. The molecule has 0 atom stereocenters. The van der Waals surface area contributed by atoms with Gasteiger partial charge in [-0.15, -0.1) is 0 Å². The van der Waals surface area contributed by atoms with Gasteiger partial charge in [-0.05, 0) is 29.8 Å².